The van der Waals surface area contributed by atoms with Gasteiger partial charge in [-0.15, -0.1) is 0 Å². The third kappa shape index (κ3) is 5.57. The van der Waals surface area contributed by atoms with Gasteiger partial charge in [0.25, 0.3) is 0 Å². The van der Waals surface area contributed by atoms with Gasteiger partial charge in [0.2, 0.25) is 5.60 Å². The van der Waals surface area contributed by atoms with Crippen molar-refractivity contribution in [1.29, 1.82) is 0 Å². The molecule has 5 atom stereocenters. The zero-order valence-corrected chi connectivity index (χ0v) is 19.2. The Labute approximate surface area is 191 Å². The zero-order chi connectivity index (χ0) is 25.1. The summed E-state index contributed by atoms with van der Waals surface area (Å²) in [5, 5.41) is 10.3. The number of fused-ring (bicyclic) bond motifs is 1. The minimum atomic E-state index is -2.53. The summed E-state index contributed by atoms with van der Waals surface area (Å²) < 4.78 is 21.1. The molecule has 0 bridgehead atoms. The molecule has 1 aliphatic carbocycles. The molecule has 2 rings (SSSR count). The molecule has 0 unspecified atom stereocenters. The van der Waals surface area contributed by atoms with Gasteiger partial charge in [-0.1, -0.05) is 18.2 Å². The number of rotatable bonds is 5. The number of methoxy groups -OCH3 is 1. The Hall–Kier alpha value is -3.27. The highest BCUT2D eigenvalue weighted by molar-refractivity contribution is 6.05. The first kappa shape index (κ1) is 26.0. The van der Waals surface area contributed by atoms with Gasteiger partial charge in [0.05, 0.1) is 18.6 Å². The summed E-state index contributed by atoms with van der Waals surface area (Å²) in [5.74, 6) is -5.77. The lowest BCUT2D eigenvalue weighted by Gasteiger charge is -2.34. The van der Waals surface area contributed by atoms with Gasteiger partial charge in [0.1, 0.15) is 6.10 Å². The van der Waals surface area contributed by atoms with Crippen LogP contribution in [0.2, 0.25) is 0 Å². The number of Topliss-reactive ketones (excluding diaryl/α,β-unsaturated/α-hetero) is 1. The van der Waals surface area contributed by atoms with Crippen LogP contribution < -0.4 is 0 Å². The zero-order valence-electron chi connectivity index (χ0n) is 19.2. The molecule has 10 heteroatoms. The van der Waals surface area contributed by atoms with E-state index in [0.29, 0.717) is 12.8 Å². The largest absolute Gasteiger partial charge is 0.466 e. The number of aliphatic hydroxyl groups is 1. The van der Waals surface area contributed by atoms with Crippen molar-refractivity contribution in [3.05, 3.63) is 35.5 Å². The van der Waals surface area contributed by atoms with Crippen LogP contribution in [0, 0.1) is 5.92 Å². The summed E-state index contributed by atoms with van der Waals surface area (Å²) in [4.78, 5) is 61.6. The van der Waals surface area contributed by atoms with Crippen LogP contribution in [0.3, 0.4) is 0 Å². The molecule has 1 heterocycles. The Morgan fingerprint density at radius 3 is 2.39 bits per heavy atom. The molecule has 1 saturated heterocycles. The van der Waals surface area contributed by atoms with Gasteiger partial charge in [-0.2, -0.15) is 0 Å². The first-order valence-electron chi connectivity index (χ1n) is 10.3. The van der Waals surface area contributed by atoms with Gasteiger partial charge >= 0.3 is 23.9 Å². The fourth-order valence-corrected chi connectivity index (χ4v) is 3.57. The summed E-state index contributed by atoms with van der Waals surface area (Å²) in [6, 6.07) is 0. The van der Waals surface area contributed by atoms with Crippen molar-refractivity contribution in [2.45, 2.75) is 64.4 Å². The predicted octanol–water partition coefficient (Wildman–Crippen LogP) is 1.11. The lowest BCUT2D eigenvalue weighted by Crippen LogP contribution is -2.51. The molecular formula is C23H28O10. The molecule has 0 aromatic heterocycles. The number of allylic oxidation sites excluding steroid dienone is 2. The van der Waals surface area contributed by atoms with Crippen LogP contribution in [-0.2, 0) is 42.9 Å². The predicted molar refractivity (Wildman–Crippen MR) is 112 cm³/mol. The smallest absolute Gasteiger partial charge is 0.346 e. The average molecular weight is 464 g/mol. The molecule has 1 aliphatic heterocycles. The maximum absolute atomic E-state index is 12.8. The maximum Gasteiger partial charge on any atom is 0.346 e. The Balaban J connectivity index is 2.73. The van der Waals surface area contributed by atoms with Gasteiger partial charge in [-0.05, 0) is 39.7 Å². The quantitative estimate of drug-likeness (QED) is 0.207. The highest BCUT2D eigenvalue weighted by Crippen LogP contribution is 2.38. The van der Waals surface area contributed by atoms with Crippen LogP contribution in [0.15, 0.2) is 35.5 Å². The molecule has 33 heavy (non-hydrogen) atoms. The van der Waals surface area contributed by atoms with E-state index in [1.54, 1.807) is 13.0 Å². The van der Waals surface area contributed by atoms with Crippen LogP contribution in [0.5, 0.6) is 0 Å². The van der Waals surface area contributed by atoms with Gasteiger partial charge in [-0.25, -0.2) is 14.4 Å². The van der Waals surface area contributed by atoms with Crippen molar-refractivity contribution >= 4 is 29.7 Å². The normalized spacial score (nSPS) is 30.2. The highest BCUT2D eigenvalue weighted by atomic mass is 16.6. The number of hydrogen-bond donors (Lipinski definition) is 1. The van der Waals surface area contributed by atoms with E-state index >= 15 is 0 Å². The van der Waals surface area contributed by atoms with Crippen molar-refractivity contribution in [2.75, 3.05) is 7.11 Å². The molecule has 1 N–H and O–H groups in total. The Kier molecular flexibility index (Phi) is 7.97. The summed E-state index contributed by atoms with van der Waals surface area (Å²) in [6.07, 6.45) is -0.0725. The minimum Gasteiger partial charge on any atom is -0.466 e. The van der Waals surface area contributed by atoms with Gasteiger partial charge in [-0.3, -0.25) is 9.59 Å². The monoisotopic (exact) mass is 464 g/mol. The third-order valence-electron chi connectivity index (χ3n) is 5.61. The SMILES string of the molecule is C=C1C(=O)O[C@@H]2/C=C(/C)CC/C=C(/C(=O)OC)[C@H](OC(C)=O)[C@H](OC(=O)[C@@](C)(O)C(C)=O)[C@@H]12. The number of ketones is 1. The fraction of sp³-hybridized carbons (Fsp3) is 0.522. The van der Waals surface area contributed by atoms with Gasteiger partial charge in [0.15, 0.2) is 18.0 Å². The third-order valence-corrected chi connectivity index (χ3v) is 5.61. The molecule has 0 spiro atoms. The molecule has 0 amide bonds. The van der Waals surface area contributed by atoms with Crippen LogP contribution >= 0.6 is 0 Å². The number of carbonyl (C=O) groups is 5. The van der Waals surface area contributed by atoms with E-state index in [1.165, 1.54) is 6.08 Å². The van der Waals surface area contributed by atoms with Crippen molar-refractivity contribution < 1.29 is 48.0 Å². The number of ether oxygens (including phenoxy) is 4. The topological polar surface area (TPSA) is 143 Å². The minimum absolute atomic E-state index is 0.0914. The molecule has 10 nitrogen and oxygen atoms in total. The van der Waals surface area contributed by atoms with E-state index in [0.717, 1.165) is 33.5 Å². The van der Waals surface area contributed by atoms with E-state index in [1.807, 2.05) is 0 Å². The Morgan fingerprint density at radius 1 is 1.21 bits per heavy atom. The van der Waals surface area contributed by atoms with Crippen molar-refractivity contribution in [2.24, 2.45) is 5.92 Å². The fourth-order valence-electron chi connectivity index (χ4n) is 3.57. The average Bonchev–Trinajstić information content (AvgIpc) is 2.99. The summed E-state index contributed by atoms with van der Waals surface area (Å²) in [5.41, 5.74) is -1.93. The molecular weight excluding hydrogens is 436 g/mol. The standard InChI is InChI=1S/C23H28O10/c1-11-8-7-9-15(21(27)30-6)18(31-14(4)25)19(33-22(28)23(5,29)13(3)24)17-12(2)20(26)32-16(17)10-11/h9-10,16-19,29H,2,7-8H2,1,3-6H3/b11-10-,15-9+/t16-,17+,18+,19-,23+/m1/s1. The second-order valence-electron chi connectivity index (χ2n) is 8.15. The molecule has 2 aliphatic rings. The van der Waals surface area contributed by atoms with Crippen LogP contribution in [0.1, 0.15) is 40.5 Å². The van der Waals surface area contributed by atoms with Crippen molar-refractivity contribution in [1.82, 2.24) is 0 Å². The van der Waals surface area contributed by atoms with Gasteiger partial charge in [0, 0.05) is 12.5 Å². The van der Waals surface area contributed by atoms with E-state index in [2.05, 4.69) is 6.58 Å². The van der Waals surface area contributed by atoms with Crippen LogP contribution in [0.25, 0.3) is 0 Å². The number of carbonyl (C=O) groups excluding carboxylic acids is 5. The Morgan fingerprint density at radius 2 is 1.85 bits per heavy atom. The van der Waals surface area contributed by atoms with Gasteiger partial charge < -0.3 is 24.1 Å². The first-order valence-corrected chi connectivity index (χ1v) is 10.3. The van der Waals surface area contributed by atoms with E-state index in [-0.39, 0.29) is 11.1 Å². The van der Waals surface area contributed by atoms with E-state index < -0.39 is 59.5 Å². The molecule has 180 valence electrons. The summed E-state index contributed by atoms with van der Waals surface area (Å²) in [6.45, 7) is 8.55. The molecule has 1 fully saturated rings. The van der Waals surface area contributed by atoms with Crippen LogP contribution in [-0.4, -0.2) is 65.8 Å². The molecule has 0 saturated carbocycles. The Bertz CT molecular complexity index is 939. The second-order valence-corrected chi connectivity index (χ2v) is 8.15. The van der Waals surface area contributed by atoms with Crippen LogP contribution in [0.4, 0.5) is 0 Å². The van der Waals surface area contributed by atoms with E-state index in [4.69, 9.17) is 18.9 Å². The maximum atomic E-state index is 12.8. The summed E-state index contributed by atoms with van der Waals surface area (Å²) >= 11 is 0. The molecule has 0 aromatic rings. The number of hydrogen-bond acceptors (Lipinski definition) is 10. The summed E-state index contributed by atoms with van der Waals surface area (Å²) in [7, 11) is 1.13. The first-order chi connectivity index (χ1) is 15.3. The highest BCUT2D eigenvalue weighted by Gasteiger charge is 2.52. The lowest BCUT2D eigenvalue weighted by atomic mass is 9.83. The molecule has 0 radical (unpaired) electrons. The lowest BCUT2D eigenvalue weighted by molar-refractivity contribution is -0.185. The van der Waals surface area contributed by atoms with Crippen molar-refractivity contribution in [3.8, 4) is 0 Å². The number of esters is 4. The second kappa shape index (κ2) is 10.1. The molecule has 0 aromatic carbocycles. The van der Waals surface area contributed by atoms with Crippen molar-refractivity contribution in [3.63, 3.8) is 0 Å². The van der Waals surface area contributed by atoms with E-state index in [9.17, 15) is 29.1 Å².